The van der Waals surface area contributed by atoms with Crippen molar-refractivity contribution in [1.82, 2.24) is 4.90 Å². The monoisotopic (exact) mass is 241 g/mol. The lowest BCUT2D eigenvalue weighted by Crippen LogP contribution is -2.36. The second kappa shape index (κ2) is 4.33. The van der Waals surface area contributed by atoms with Crippen LogP contribution in [0.2, 0.25) is 0 Å². The number of aryl methyl sites for hydroxylation is 1. The fourth-order valence-corrected chi connectivity index (χ4v) is 2.45. The second-order valence-corrected chi connectivity index (χ2v) is 4.64. The Morgan fingerprint density at radius 1 is 1.22 bits per heavy atom. The molecule has 18 heavy (non-hydrogen) atoms. The molecule has 0 saturated heterocycles. The second-order valence-electron chi connectivity index (χ2n) is 4.64. The van der Waals surface area contributed by atoms with Crippen molar-refractivity contribution >= 4 is 5.91 Å². The van der Waals surface area contributed by atoms with Gasteiger partial charge in [0, 0.05) is 13.1 Å². The van der Waals surface area contributed by atoms with Crippen molar-refractivity contribution in [2.45, 2.75) is 19.9 Å². The summed E-state index contributed by atoms with van der Waals surface area (Å²) < 4.78 is 5.20. The Bertz CT molecular complexity index is 586. The molecular formula is C15H15NO2. The van der Waals surface area contributed by atoms with Crippen LogP contribution >= 0.6 is 0 Å². The molecule has 0 atom stereocenters. The van der Waals surface area contributed by atoms with Gasteiger partial charge in [0.1, 0.15) is 5.76 Å². The Balaban J connectivity index is 1.84. The van der Waals surface area contributed by atoms with Crippen molar-refractivity contribution in [3.63, 3.8) is 0 Å². The predicted octanol–water partition coefficient (Wildman–Crippen LogP) is 2.79. The molecule has 0 fully saturated rings. The summed E-state index contributed by atoms with van der Waals surface area (Å²) in [5.41, 5.74) is 3.28. The summed E-state index contributed by atoms with van der Waals surface area (Å²) in [6, 6.07) is 10.1. The molecule has 1 aromatic heterocycles. The number of hydrogen-bond acceptors (Lipinski definition) is 2. The maximum atomic E-state index is 12.4. The molecule has 0 spiro atoms. The van der Waals surface area contributed by atoms with Gasteiger partial charge in [-0.15, -0.1) is 0 Å². The number of nitrogens with zero attached hydrogens (tertiary/aromatic N) is 1. The van der Waals surface area contributed by atoms with Crippen LogP contribution in [0.5, 0.6) is 0 Å². The van der Waals surface area contributed by atoms with Crippen LogP contribution in [0.15, 0.2) is 41.0 Å². The highest BCUT2D eigenvalue weighted by molar-refractivity contribution is 5.95. The van der Waals surface area contributed by atoms with Gasteiger partial charge in [-0.1, -0.05) is 24.3 Å². The van der Waals surface area contributed by atoms with Crippen LogP contribution in [0.25, 0.3) is 0 Å². The molecule has 0 N–H and O–H groups in total. The zero-order valence-electron chi connectivity index (χ0n) is 10.3. The van der Waals surface area contributed by atoms with Crippen LogP contribution in [-0.2, 0) is 13.0 Å². The first-order valence-electron chi connectivity index (χ1n) is 6.16. The van der Waals surface area contributed by atoms with Crippen molar-refractivity contribution in [2.24, 2.45) is 0 Å². The van der Waals surface area contributed by atoms with E-state index in [1.54, 1.807) is 12.3 Å². The van der Waals surface area contributed by atoms with E-state index >= 15 is 0 Å². The highest BCUT2D eigenvalue weighted by Crippen LogP contribution is 2.21. The first-order chi connectivity index (χ1) is 8.75. The summed E-state index contributed by atoms with van der Waals surface area (Å²) >= 11 is 0. The summed E-state index contributed by atoms with van der Waals surface area (Å²) in [5, 5.41) is 0. The summed E-state index contributed by atoms with van der Waals surface area (Å²) in [5.74, 6) is 0.759. The fourth-order valence-electron chi connectivity index (χ4n) is 2.45. The quantitative estimate of drug-likeness (QED) is 0.769. The summed E-state index contributed by atoms with van der Waals surface area (Å²) in [7, 11) is 0. The number of amides is 1. The van der Waals surface area contributed by atoms with E-state index in [1.165, 1.54) is 11.1 Å². The van der Waals surface area contributed by atoms with Crippen LogP contribution in [-0.4, -0.2) is 17.4 Å². The minimum atomic E-state index is 0.0655. The van der Waals surface area contributed by atoms with E-state index in [4.69, 9.17) is 4.42 Å². The molecule has 3 heteroatoms. The molecule has 0 unspecified atom stereocenters. The fraction of sp³-hybridized carbons (Fsp3) is 0.267. The van der Waals surface area contributed by atoms with Gasteiger partial charge in [0.25, 0.3) is 5.91 Å². The van der Waals surface area contributed by atoms with Gasteiger partial charge in [-0.25, -0.2) is 0 Å². The molecule has 0 bridgehead atoms. The average Bonchev–Trinajstić information content (AvgIpc) is 2.83. The minimum Gasteiger partial charge on any atom is -0.469 e. The highest BCUT2D eigenvalue weighted by Gasteiger charge is 2.23. The number of furan rings is 1. The summed E-state index contributed by atoms with van der Waals surface area (Å²) in [6.07, 6.45) is 2.50. The molecule has 3 nitrogen and oxygen atoms in total. The van der Waals surface area contributed by atoms with E-state index in [2.05, 4.69) is 18.2 Å². The number of rotatable bonds is 1. The van der Waals surface area contributed by atoms with Crippen LogP contribution in [0.4, 0.5) is 0 Å². The summed E-state index contributed by atoms with van der Waals surface area (Å²) in [4.78, 5) is 14.2. The van der Waals surface area contributed by atoms with E-state index in [9.17, 15) is 4.79 Å². The lowest BCUT2D eigenvalue weighted by molar-refractivity contribution is 0.0733. The van der Waals surface area contributed by atoms with Gasteiger partial charge in [0.05, 0.1) is 11.8 Å². The predicted molar refractivity (Wildman–Crippen MR) is 68.3 cm³/mol. The maximum Gasteiger partial charge on any atom is 0.257 e. The van der Waals surface area contributed by atoms with Gasteiger partial charge in [0.15, 0.2) is 0 Å². The third-order valence-electron chi connectivity index (χ3n) is 3.51. The summed E-state index contributed by atoms with van der Waals surface area (Å²) in [6.45, 7) is 3.30. The van der Waals surface area contributed by atoms with Crippen molar-refractivity contribution in [1.29, 1.82) is 0 Å². The standard InChI is InChI=1S/C15H15NO2/c1-11-14(7-9-18-11)15(17)16-8-6-12-4-2-3-5-13(12)10-16/h2-5,7,9H,6,8,10H2,1H3. The topological polar surface area (TPSA) is 33.5 Å². The third kappa shape index (κ3) is 1.82. The zero-order valence-corrected chi connectivity index (χ0v) is 10.3. The number of hydrogen-bond donors (Lipinski definition) is 0. The Labute approximate surface area is 106 Å². The van der Waals surface area contributed by atoms with Gasteiger partial charge in [-0.05, 0) is 30.5 Å². The van der Waals surface area contributed by atoms with Crippen LogP contribution in [0.3, 0.4) is 0 Å². The molecule has 0 radical (unpaired) electrons. The first-order valence-corrected chi connectivity index (χ1v) is 6.16. The normalized spacial score (nSPS) is 14.4. The van der Waals surface area contributed by atoms with Crippen molar-refractivity contribution in [3.8, 4) is 0 Å². The zero-order chi connectivity index (χ0) is 12.5. The van der Waals surface area contributed by atoms with Crippen molar-refractivity contribution < 1.29 is 9.21 Å². The van der Waals surface area contributed by atoms with Crippen LogP contribution < -0.4 is 0 Å². The van der Waals surface area contributed by atoms with Gasteiger partial charge in [0.2, 0.25) is 0 Å². The largest absolute Gasteiger partial charge is 0.469 e. The van der Waals surface area contributed by atoms with E-state index < -0.39 is 0 Å². The Kier molecular flexibility index (Phi) is 2.67. The van der Waals surface area contributed by atoms with E-state index in [0.29, 0.717) is 17.9 Å². The Morgan fingerprint density at radius 3 is 2.72 bits per heavy atom. The van der Waals surface area contributed by atoms with Gasteiger partial charge >= 0.3 is 0 Å². The van der Waals surface area contributed by atoms with Crippen molar-refractivity contribution in [2.75, 3.05) is 6.54 Å². The van der Waals surface area contributed by atoms with Gasteiger partial charge in [-0.2, -0.15) is 0 Å². The van der Waals surface area contributed by atoms with E-state index in [0.717, 1.165) is 13.0 Å². The molecule has 1 aliphatic heterocycles. The molecule has 0 saturated carbocycles. The van der Waals surface area contributed by atoms with E-state index in [-0.39, 0.29) is 5.91 Å². The highest BCUT2D eigenvalue weighted by atomic mass is 16.3. The lowest BCUT2D eigenvalue weighted by atomic mass is 9.99. The number of carbonyl (C=O) groups excluding carboxylic acids is 1. The maximum absolute atomic E-state index is 12.4. The molecular weight excluding hydrogens is 226 g/mol. The molecule has 0 aliphatic carbocycles. The molecule has 2 heterocycles. The third-order valence-corrected chi connectivity index (χ3v) is 3.51. The van der Waals surface area contributed by atoms with E-state index in [1.807, 2.05) is 17.9 Å². The molecule has 1 amide bonds. The number of carbonyl (C=O) groups is 1. The number of fused-ring (bicyclic) bond motifs is 1. The van der Waals surface area contributed by atoms with Gasteiger partial charge in [-0.3, -0.25) is 4.79 Å². The first kappa shape index (κ1) is 11.1. The van der Waals surface area contributed by atoms with Crippen molar-refractivity contribution in [3.05, 3.63) is 59.0 Å². The Hall–Kier alpha value is -2.03. The Morgan fingerprint density at radius 2 is 2.00 bits per heavy atom. The molecule has 1 aromatic carbocycles. The molecule has 2 aromatic rings. The average molecular weight is 241 g/mol. The van der Waals surface area contributed by atoms with Gasteiger partial charge < -0.3 is 9.32 Å². The molecule has 1 aliphatic rings. The smallest absolute Gasteiger partial charge is 0.257 e. The van der Waals surface area contributed by atoms with Crippen LogP contribution in [0.1, 0.15) is 27.2 Å². The molecule has 3 rings (SSSR count). The lowest BCUT2D eigenvalue weighted by Gasteiger charge is -2.28. The van der Waals surface area contributed by atoms with Crippen LogP contribution in [0, 0.1) is 6.92 Å². The minimum absolute atomic E-state index is 0.0655. The molecule has 92 valence electrons. The SMILES string of the molecule is Cc1occc1C(=O)N1CCc2ccccc2C1. The number of benzene rings is 1.